The molecule has 2 aromatic carbocycles. The molecule has 3 N–H and O–H groups in total. The van der Waals surface area contributed by atoms with E-state index in [1.807, 2.05) is 106 Å². The highest BCUT2D eigenvalue weighted by Crippen LogP contribution is 2.30. The van der Waals surface area contributed by atoms with Crippen molar-refractivity contribution in [3.63, 3.8) is 0 Å². The SMILES string of the molecule is CCn1nc(C)cc1Nc1nc2c(N(C)CC(=O)NC(C)(C)C)cccc2n1CCCNC(=O)OCc1ccccc1. The summed E-state index contributed by atoms with van der Waals surface area (Å²) < 4.78 is 9.34. The van der Waals surface area contributed by atoms with E-state index in [1.165, 1.54) is 0 Å². The first-order valence-corrected chi connectivity index (χ1v) is 14.3. The zero-order valence-corrected chi connectivity index (χ0v) is 25.4. The third-order valence-corrected chi connectivity index (χ3v) is 6.55. The number of likely N-dealkylation sites (N-methyl/N-ethyl adjacent to an activating group) is 1. The summed E-state index contributed by atoms with van der Waals surface area (Å²) in [4.78, 5) is 31.8. The quantitative estimate of drug-likeness (QED) is 0.204. The van der Waals surface area contributed by atoms with Crippen molar-refractivity contribution >= 4 is 40.5 Å². The molecule has 0 spiro atoms. The van der Waals surface area contributed by atoms with Gasteiger partial charge in [0.25, 0.3) is 0 Å². The van der Waals surface area contributed by atoms with Crippen molar-refractivity contribution < 1.29 is 14.3 Å². The summed E-state index contributed by atoms with van der Waals surface area (Å²) in [5, 5.41) is 13.9. The Morgan fingerprint density at radius 2 is 1.83 bits per heavy atom. The Kier molecular flexibility index (Phi) is 9.72. The number of para-hydroxylation sites is 1. The molecule has 4 rings (SSSR count). The average molecular weight is 575 g/mol. The van der Waals surface area contributed by atoms with Gasteiger partial charge in [0.1, 0.15) is 17.9 Å². The van der Waals surface area contributed by atoms with Gasteiger partial charge >= 0.3 is 6.09 Å². The highest BCUT2D eigenvalue weighted by molar-refractivity contribution is 5.93. The summed E-state index contributed by atoms with van der Waals surface area (Å²) in [5.41, 5.74) is 4.08. The fourth-order valence-corrected chi connectivity index (χ4v) is 4.72. The number of anilines is 3. The van der Waals surface area contributed by atoms with Crippen molar-refractivity contribution in [3.8, 4) is 0 Å². The lowest BCUT2D eigenvalue weighted by molar-refractivity contribution is -0.121. The topological polar surface area (TPSA) is 118 Å². The van der Waals surface area contributed by atoms with Crippen LogP contribution in [0.3, 0.4) is 0 Å². The van der Waals surface area contributed by atoms with E-state index < -0.39 is 6.09 Å². The molecule has 2 aromatic heterocycles. The Morgan fingerprint density at radius 1 is 1.07 bits per heavy atom. The Labute approximate surface area is 247 Å². The number of hydrogen-bond donors (Lipinski definition) is 3. The van der Waals surface area contributed by atoms with Gasteiger partial charge in [-0.1, -0.05) is 36.4 Å². The number of alkyl carbamates (subject to hydrolysis) is 1. The van der Waals surface area contributed by atoms with Crippen LogP contribution in [0.25, 0.3) is 11.0 Å². The fraction of sp³-hybridized carbons (Fsp3) is 0.419. The summed E-state index contributed by atoms with van der Waals surface area (Å²) in [6.07, 6.45) is 0.202. The molecular formula is C31H42N8O3. The molecule has 0 aliphatic carbocycles. The molecule has 0 atom stereocenters. The summed E-state index contributed by atoms with van der Waals surface area (Å²) in [5.74, 6) is 1.44. The number of carbonyl (C=O) groups is 2. The first kappa shape index (κ1) is 30.4. The first-order chi connectivity index (χ1) is 20.0. The second-order valence-electron chi connectivity index (χ2n) is 11.3. The summed E-state index contributed by atoms with van der Waals surface area (Å²) in [6, 6.07) is 17.5. The van der Waals surface area contributed by atoms with Gasteiger partial charge in [0.15, 0.2) is 0 Å². The molecule has 0 saturated carbocycles. The van der Waals surface area contributed by atoms with E-state index in [4.69, 9.17) is 9.72 Å². The molecule has 11 nitrogen and oxygen atoms in total. The van der Waals surface area contributed by atoms with Crippen molar-refractivity contribution in [1.29, 1.82) is 0 Å². The Morgan fingerprint density at radius 3 is 2.55 bits per heavy atom. The predicted octanol–water partition coefficient (Wildman–Crippen LogP) is 4.97. The largest absolute Gasteiger partial charge is 0.445 e. The van der Waals surface area contributed by atoms with Crippen molar-refractivity contribution in [2.45, 2.75) is 66.3 Å². The number of nitrogens with zero attached hydrogens (tertiary/aromatic N) is 5. The van der Waals surface area contributed by atoms with Crippen molar-refractivity contribution in [1.82, 2.24) is 30.0 Å². The number of hydrogen-bond acceptors (Lipinski definition) is 7. The van der Waals surface area contributed by atoms with Crippen LogP contribution < -0.4 is 20.9 Å². The predicted molar refractivity (Wildman–Crippen MR) is 166 cm³/mol. The van der Waals surface area contributed by atoms with E-state index in [0.29, 0.717) is 32.0 Å². The minimum atomic E-state index is -0.451. The normalized spacial score (nSPS) is 11.4. The third kappa shape index (κ3) is 8.02. The molecule has 0 unspecified atom stereocenters. The number of aryl methyl sites for hydroxylation is 3. The lowest BCUT2D eigenvalue weighted by Gasteiger charge is -2.24. The molecule has 2 amide bonds. The number of aromatic nitrogens is 4. The van der Waals surface area contributed by atoms with Crippen molar-refractivity contribution in [2.75, 3.05) is 30.4 Å². The van der Waals surface area contributed by atoms with Gasteiger partial charge in [0, 0.05) is 38.3 Å². The van der Waals surface area contributed by atoms with Crippen LogP contribution in [-0.2, 0) is 29.2 Å². The molecule has 0 saturated heterocycles. The highest BCUT2D eigenvalue weighted by Gasteiger charge is 2.20. The monoisotopic (exact) mass is 574 g/mol. The van der Waals surface area contributed by atoms with Crippen LogP contribution in [0.1, 0.15) is 45.4 Å². The van der Waals surface area contributed by atoms with Crippen LogP contribution in [-0.4, -0.2) is 57.0 Å². The van der Waals surface area contributed by atoms with Crippen LogP contribution in [0.5, 0.6) is 0 Å². The van der Waals surface area contributed by atoms with Gasteiger partial charge < -0.3 is 30.2 Å². The maximum absolute atomic E-state index is 12.7. The molecule has 11 heteroatoms. The fourth-order valence-electron chi connectivity index (χ4n) is 4.72. The van der Waals surface area contributed by atoms with E-state index in [1.54, 1.807) is 0 Å². The van der Waals surface area contributed by atoms with Gasteiger partial charge in [0.05, 0.1) is 23.4 Å². The summed E-state index contributed by atoms with van der Waals surface area (Å²) in [7, 11) is 1.89. The van der Waals surface area contributed by atoms with Gasteiger partial charge in [-0.3, -0.25) is 4.79 Å². The van der Waals surface area contributed by atoms with Crippen LogP contribution in [0, 0.1) is 6.92 Å². The molecule has 42 heavy (non-hydrogen) atoms. The Hall–Kier alpha value is -4.54. The Bertz CT molecular complexity index is 1500. The van der Waals surface area contributed by atoms with Crippen LogP contribution in [0.4, 0.5) is 22.2 Å². The van der Waals surface area contributed by atoms with Gasteiger partial charge in [0.2, 0.25) is 11.9 Å². The average Bonchev–Trinajstić information content (AvgIpc) is 3.47. The number of nitrogens with one attached hydrogen (secondary N) is 3. The molecule has 0 radical (unpaired) electrons. The molecule has 4 aromatic rings. The van der Waals surface area contributed by atoms with Gasteiger partial charge in [-0.15, -0.1) is 0 Å². The van der Waals surface area contributed by atoms with Crippen LogP contribution >= 0.6 is 0 Å². The van der Waals surface area contributed by atoms with E-state index in [9.17, 15) is 9.59 Å². The summed E-state index contributed by atoms with van der Waals surface area (Å²) in [6.45, 7) is 12.0. The number of carbonyl (C=O) groups excluding carboxylic acids is 2. The second-order valence-corrected chi connectivity index (χ2v) is 11.3. The van der Waals surface area contributed by atoms with Gasteiger partial charge in [-0.05, 0) is 58.7 Å². The minimum absolute atomic E-state index is 0.0627. The lowest BCUT2D eigenvalue weighted by atomic mass is 10.1. The second kappa shape index (κ2) is 13.4. The number of rotatable bonds is 12. The number of imidazole rings is 1. The minimum Gasteiger partial charge on any atom is -0.445 e. The molecule has 2 heterocycles. The van der Waals surface area contributed by atoms with Crippen molar-refractivity contribution in [3.05, 3.63) is 65.9 Å². The number of amides is 2. The van der Waals surface area contributed by atoms with E-state index >= 15 is 0 Å². The van der Waals surface area contributed by atoms with Crippen LogP contribution in [0.15, 0.2) is 54.6 Å². The molecule has 0 aliphatic heterocycles. The van der Waals surface area contributed by atoms with Crippen molar-refractivity contribution in [2.24, 2.45) is 0 Å². The number of ether oxygens (including phenoxy) is 1. The standard InChI is InChI=1S/C31H42N8O3/c1-7-39-26(19-22(2)36-39)33-29-34-28-24(37(6)20-27(40)35-31(3,4)5)15-11-16-25(28)38(29)18-12-17-32-30(41)42-21-23-13-9-8-10-14-23/h8-11,13-16,19H,7,12,17-18,20-21H2,1-6H3,(H,32,41)(H,33,34)(H,35,40). The molecule has 0 fully saturated rings. The maximum atomic E-state index is 12.7. The molecule has 0 bridgehead atoms. The maximum Gasteiger partial charge on any atom is 0.407 e. The van der Waals surface area contributed by atoms with Crippen LogP contribution in [0.2, 0.25) is 0 Å². The first-order valence-electron chi connectivity index (χ1n) is 14.3. The highest BCUT2D eigenvalue weighted by atomic mass is 16.5. The molecular weight excluding hydrogens is 532 g/mol. The molecule has 0 aliphatic rings. The smallest absolute Gasteiger partial charge is 0.407 e. The zero-order valence-electron chi connectivity index (χ0n) is 25.4. The lowest BCUT2D eigenvalue weighted by Crippen LogP contribution is -2.45. The Balaban J connectivity index is 1.52. The van der Waals surface area contributed by atoms with Gasteiger partial charge in [-0.2, -0.15) is 5.10 Å². The number of benzene rings is 2. The van der Waals surface area contributed by atoms with E-state index in [-0.39, 0.29) is 24.6 Å². The van der Waals surface area contributed by atoms with Gasteiger partial charge in [-0.25, -0.2) is 14.5 Å². The van der Waals surface area contributed by atoms with E-state index in [2.05, 4.69) is 25.6 Å². The zero-order chi connectivity index (χ0) is 30.3. The summed E-state index contributed by atoms with van der Waals surface area (Å²) >= 11 is 0. The van der Waals surface area contributed by atoms with E-state index in [0.717, 1.165) is 33.8 Å². The third-order valence-electron chi connectivity index (χ3n) is 6.55. The number of fused-ring (bicyclic) bond motifs is 1. The molecule has 224 valence electrons.